The second-order valence-corrected chi connectivity index (χ2v) is 11.9. The molecule has 0 saturated carbocycles. The topological polar surface area (TPSA) is 92.6 Å². The molecule has 0 unspecified atom stereocenters. The van der Waals surface area contributed by atoms with Crippen LogP contribution in [0.1, 0.15) is 18.4 Å². The van der Waals surface area contributed by atoms with Crippen LogP contribution in [0, 0.1) is 0 Å². The van der Waals surface area contributed by atoms with E-state index in [0.29, 0.717) is 34.3 Å². The van der Waals surface area contributed by atoms with Gasteiger partial charge in [0.1, 0.15) is 23.3 Å². The van der Waals surface area contributed by atoms with Crippen LogP contribution in [0.3, 0.4) is 0 Å². The molecule has 1 heterocycles. The minimum atomic E-state index is -1.18. The Bertz CT molecular complexity index is 1040. The van der Waals surface area contributed by atoms with Crippen LogP contribution >= 0.6 is 63.7 Å². The number of nitrogens with one attached hydrogen (secondary N) is 1. The van der Waals surface area contributed by atoms with Gasteiger partial charge in [-0.1, -0.05) is 5.16 Å². The lowest BCUT2D eigenvalue weighted by molar-refractivity contribution is -0.114. The Kier molecular flexibility index (Phi) is 10.3. The molecule has 1 amide bonds. The summed E-state index contributed by atoms with van der Waals surface area (Å²) in [6.45, 7) is 1.99. The number of allylic oxidation sites excluding steroid dienone is 1. The first-order valence-electron chi connectivity index (χ1n) is 10.9. The van der Waals surface area contributed by atoms with Crippen LogP contribution < -0.4 is 10.1 Å². The van der Waals surface area contributed by atoms with Crippen LogP contribution in [0.15, 0.2) is 47.0 Å². The highest BCUT2D eigenvalue weighted by Gasteiger charge is 2.50. The summed E-state index contributed by atoms with van der Waals surface area (Å²) in [5, 5.41) is 17.6. The number of halogens is 4. The van der Waals surface area contributed by atoms with E-state index >= 15 is 0 Å². The highest BCUT2D eigenvalue weighted by Crippen LogP contribution is 2.44. The van der Waals surface area contributed by atoms with Crippen molar-refractivity contribution in [3.8, 4) is 5.75 Å². The van der Waals surface area contributed by atoms with E-state index in [4.69, 9.17) is 14.3 Å². The number of hydrogen-bond acceptors (Lipinski definition) is 7. The third kappa shape index (κ3) is 6.89. The largest absolute Gasteiger partial charge is 0.495 e. The summed E-state index contributed by atoms with van der Waals surface area (Å²) in [7, 11) is 5.57. The highest BCUT2D eigenvalue weighted by atomic mass is 79.9. The molecule has 2 N–H and O–H groups in total. The van der Waals surface area contributed by atoms with Crippen molar-refractivity contribution in [3.05, 3.63) is 47.4 Å². The molecule has 0 radical (unpaired) electrons. The predicted molar refractivity (Wildman–Crippen MR) is 149 cm³/mol. The van der Waals surface area contributed by atoms with E-state index in [9.17, 15) is 9.90 Å². The van der Waals surface area contributed by atoms with Gasteiger partial charge in [-0.15, -0.1) is 0 Å². The van der Waals surface area contributed by atoms with E-state index in [1.807, 2.05) is 26.2 Å². The van der Waals surface area contributed by atoms with E-state index in [0.717, 1.165) is 33.2 Å². The van der Waals surface area contributed by atoms with E-state index in [-0.39, 0.29) is 18.0 Å². The van der Waals surface area contributed by atoms with Gasteiger partial charge < -0.3 is 29.6 Å². The van der Waals surface area contributed by atoms with Crippen molar-refractivity contribution in [1.29, 1.82) is 0 Å². The molecule has 2 atom stereocenters. The monoisotopic (exact) mass is 741 g/mol. The first-order valence-corrected chi connectivity index (χ1v) is 14.0. The molecule has 0 fully saturated rings. The molecule has 3 rings (SSSR count). The molecular formula is C23H27Br4N3O5. The first-order chi connectivity index (χ1) is 16.6. The summed E-state index contributed by atoms with van der Waals surface area (Å²) in [5.74, 6) is 0.892. The molecule has 2 aliphatic rings. The molecule has 0 bridgehead atoms. The standard InChI is InChI=1S/C23H27Br4N3O5/c1-30(2)7-4-8-34-19-14(24)9-13(10-15(19)25)5-6-28-22(32)17-12-23(35-29-17)11-16(26)20(33-3)18(27)21(23)31/h9-11,21,31H,4-8,12H2,1-3H3,(H,28,32)/t21-,23+/m1/s1. The van der Waals surface area contributed by atoms with Gasteiger partial charge in [0.15, 0.2) is 5.60 Å². The fourth-order valence-corrected chi connectivity index (χ4v) is 6.99. The predicted octanol–water partition coefficient (Wildman–Crippen LogP) is 4.62. The molecule has 1 aliphatic heterocycles. The summed E-state index contributed by atoms with van der Waals surface area (Å²) < 4.78 is 13.9. The Morgan fingerprint density at radius 1 is 1.29 bits per heavy atom. The third-order valence-electron chi connectivity index (χ3n) is 5.50. The van der Waals surface area contributed by atoms with Gasteiger partial charge in [0.05, 0.1) is 31.6 Å². The van der Waals surface area contributed by atoms with Gasteiger partial charge in [-0.2, -0.15) is 0 Å². The second-order valence-electron chi connectivity index (χ2n) is 8.44. The number of methoxy groups -OCH3 is 1. The van der Waals surface area contributed by atoms with Gasteiger partial charge in [0.2, 0.25) is 0 Å². The lowest BCUT2D eigenvalue weighted by Gasteiger charge is -2.33. The number of rotatable bonds is 10. The number of amides is 1. The number of nitrogens with zero attached hydrogens (tertiary/aromatic N) is 2. The Balaban J connectivity index is 1.53. The Morgan fingerprint density at radius 2 is 1.97 bits per heavy atom. The molecule has 12 heteroatoms. The molecule has 1 aromatic carbocycles. The van der Waals surface area contributed by atoms with Crippen LogP contribution in [-0.2, 0) is 20.8 Å². The number of oxime groups is 1. The van der Waals surface area contributed by atoms with Crippen molar-refractivity contribution < 1.29 is 24.2 Å². The van der Waals surface area contributed by atoms with E-state index < -0.39 is 11.7 Å². The molecule has 35 heavy (non-hydrogen) atoms. The zero-order valence-electron chi connectivity index (χ0n) is 19.5. The van der Waals surface area contributed by atoms with Gasteiger partial charge in [-0.3, -0.25) is 4.79 Å². The van der Waals surface area contributed by atoms with Crippen LogP contribution in [0.25, 0.3) is 0 Å². The minimum Gasteiger partial charge on any atom is -0.495 e. The molecule has 1 aliphatic carbocycles. The average Bonchev–Trinajstić information content (AvgIpc) is 3.21. The fourth-order valence-electron chi connectivity index (χ4n) is 3.69. The van der Waals surface area contributed by atoms with E-state index in [2.05, 4.69) is 79.1 Å². The zero-order valence-corrected chi connectivity index (χ0v) is 25.9. The highest BCUT2D eigenvalue weighted by molar-refractivity contribution is 9.12. The summed E-state index contributed by atoms with van der Waals surface area (Å²) >= 11 is 13.9. The quantitative estimate of drug-likeness (QED) is 0.340. The Morgan fingerprint density at radius 3 is 2.60 bits per heavy atom. The van der Waals surface area contributed by atoms with Crippen molar-refractivity contribution >= 4 is 75.3 Å². The fraction of sp³-hybridized carbons (Fsp3) is 0.478. The van der Waals surface area contributed by atoms with E-state index in [1.165, 1.54) is 7.11 Å². The smallest absolute Gasteiger partial charge is 0.269 e. The first kappa shape index (κ1) is 28.6. The van der Waals surface area contributed by atoms with Crippen molar-refractivity contribution in [3.63, 3.8) is 0 Å². The molecule has 1 aromatic rings. The van der Waals surface area contributed by atoms with Gasteiger partial charge in [-0.25, -0.2) is 0 Å². The summed E-state index contributed by atoms with van der Waals surface area (Å²) in [4.78, 5) is 20.4. The lowest BCUT2D eigenvalue weighted by Crippen LogP contribution is -2.45. The molecule has 0 saturated heterocycles. The van der Waals surface area contributed by atoms with Crippen molar-refractivity contribution in [1.82, 2.24) is 10.2 Å². The molecular weight excluding hydrogens is 718 g/mol. The van der Waals surface area contributed by atoms with Crippen LogP contribution in [0.2, 0.25) is 0 Å². The minimum absolute atomic E-state index is 0.123. The number of benzene rings is 1. The summed E-state index contributed by atoms with van der Waals surface area (Å²) in [6, 6.07) is 3.97. The number of hydrogen-bond donors (Lipinski definition) is 2. The Labute approximate surface area is 238 Å². The Hall–Kier alpha value is -0.920. The lowest BCUT2D eigenvalue weighted by atomic mass is 9.87. The third-order valence-corrected chi connectivity index (χ3v) is 8.06. The van der Waals surface area contributed by atoms with Crippen molar-refractivity contribution in [2.24, 2.45) is 5.16 Å². The SMILES string of the molecule is COC1=C(Br)[C@@H](O)[C@]2(C=C1Br)CC(C(=O)NCCc1cc(Br)c(OCCCN(C)C)c(Br)c1)=NO2. The molecule has 8 nitrogen and oxygen atoms in total. The van der Waals surface area contributed by atoms with Gasteiger partial charge in [0.25, 0.3) is 5.91 Å². The maximum atomic E-state index is 12.7. The van der Waals surface area contributed by atoms with Gasteiger partial charge in [0, 0.05) is 19.5 Å². The molecule has 1 spiro atoms. The molecule has 192 valence electrons. The van der Waals surface area contributed by atoms with Gasteiger partial charge >= 0.3 is 0 Å². The maximum absolute atomic E-state index is 12.7. The van der Waals surface area contributed by atoms with E-state index in [1.54, 1.807) is 6.08 Å². The summed E-state index contributed by atoms with van der Waals surface area (Å²) in [5.41, 5.74) is 0.0666. The number of carbonyl (C=O) groups excluding carboxylic acids is 1. The number of aliphatic hydroxyl groups is 1. The normalized spacial score (nSPS) is 21.7. The molecule has 0 aromatic heterocycles. The number of ether oxygens (including phenoxy) is 2. The number of aliphatic hydroxyl groups excluding tert-OH is 1. The van der Waals surface area contributed by atoms with Crippen LogP contribution in [0.5, 0.6) is 5.75 Å². The maximum Gasteiger partial charge on any atom is 0.269 e. The van der Waals surface area contributed by atoms with Crippen LogP contribution in [0.4, 0.5) is 0 Å². The van der Waals surface area contributed by atoms with Crippen molar-refractivity contribution in [2.45, 2.75) is 31.0 Å². The van der Waals surface area contributed by atoms with Crippen molar-refractivity contribution in [2.75, 3.05) is 40.9 Å². The zero-order chi connectivity index (χ0) is 25.8. The second kappa shape index (κ2) is 12.6. The van der Waals surface area contributed by atoms with Crippen LogP contribution in [-0.4, -0.2) is 74.2 Å². The van der Waals surface area contributed by atoms with Gasteiger partial charge in [-0.05, 0) is 114 Å². The average molecular weight is 745 g/mol. The summed E-state index contributed by atoms with van der Waals surface area (Å²) in [6.07, 6.45) is 2.27. The number of carbonyl (C=O) groups is 1.